The van der Waals surface area contributed by atoms with Gasteiger partial charge in [-0.25, -0.2) is 0 Å². The molecule has 28 heavy (non-hydrogen) atoms. The van der Waals surface area contributed by atoms with Crippen molar-refractivity contribution in [1.29, 1.82) is 0 Å². The SMILES string of the molecule is CNC(=O)c1ccc(N2CCN(c3ccccc3[N+](=O)[O-])CC2)c([N+](=O)[O-])c1. The quantitative estimate of drug-likeness (QED) is 0.618. The van der Waals surface area contributed by atoms with Crippen LogP contribution in [0.2, 0.25) is 0 Å². The lowest BCUT2D eigenvalue weighted by atomic mass is 10.1. The van der Waals surface area contributed by atoms with Crippen molar-refractivity contribution in [2.45, 2.75) is 0 Å². The number of carbonyl (C=O) groups excluding carboxylic acids is 1. The number of anilines is 2. The van der Waals surface area contributed by atoms with Crippen molar-refractivity contribution in [3.63, 3.8) is 0 Å². The van der Waals surface area contributed by atoms with Crippen LogP contribution in [-0.4, -0.2) is 49.0 Å². The molecule has 0 bridgehead atoms. The standard InChI is InChI=1S/C18H19N5O5/c1-19-18(24)13-6-7-15(17(12-13)23(27)28)21-10-8-20(9-11-21)14-4-2-3-5-16(14)22(25)26/h2-7,12H,8-11H2,1H3,(H,19,24). The molecule has 3 rings (SSSR count). The smallest absolute Gasteiger partial charge is 0.293 e. The van der Waals surface area contributed by atoms with Gasteiger partial charge in [0.2, 0.25) is 0 Å². The van der Waals surface area contributed by atoms with Gasteiger partial charge in [0.25, 0.3) is 17.3 Å². The average molecular weight is 385 g/mol. The maximum atomic E-state index is 11.8. The number of rotatable bonds is 5. The molecule has 0 unspecified atom stereocenters. The monoisotopic (exact) mass is 385 g/mol. The van der Waals surface area contributed by atoms with Crippen molar-refractivity contribution in [3.8, 4) is 0 Å². The van der Waals surface area contributed by atoms with Gasteiger partial charge in [0.05, 0.1) is 9.85 Å². The number of nitro groups is 2. The van der Waals surface area contributed by atoms with Crippen LogP contribution < -0.4 is 15.1 Å². The van der Waals surface area contributed by atoms with Crippen LogP contribution in [0.3, 0.4) is 0 Å². The Bertz CT molecular complexity index is 924. The Morgan fingerprint density at radius 2 is 1.43 bits per heavy atom. The molecular weight excluding hydrogens is 366 g/mol. The zero-order chi connectivity index (χ0) is 20.3. The molecule has 2 aromatic carbocycles. The van der Waals surface area contributed by atoms with E-state index in [0.717, 1.165) is 0 Å². The van der Waals surface area contributed by atoms with E-state index in [0.29, 0.717) is 37.6 Å². The Balaban J connectivity index is 1.81. The maximum absolute atomic E-state index is 11.8. The number of piperazine rings is 1. The fourth-order valence-corrected chi connectivity index (χ4v) is 3.30. The normalized spacial score (nSPS) is 13.9. The lowest BCUT2D eigenvalue weighted by molar-refractivity contribution is -0.384. The zero-order valence-electron chi connectivity index (χ0n) is 15.2. The summed E-state index contributed by atoms with van der Waals surface area (Å²) in [7, 11) is 1.46. The number of nitrogens with zero attached hydrogens (tertiary/aromatic N) is 4. The molecule has 0 saturated carbocycles. The van der Waals surface area contributed by atoms with E-state index in [4.69, 9.17) is 0 Å². The summed E-state index contributed by atoms with van der Waals surface area (Å²) in [6, 6.07) is 10.9. The first-order chi connectivity index (χ1) is 13.4. The molecule has 0 radical (unpaired) electrons. The van der Waals surface area contributed by atoms with E-state index in [-0.39, 0.29) is 16.9 Å². The lowest BCUT2D eigenvalue weighted by Crippen LogP contribution is -2.46. The molecule has 146 valence electrons. The molecule has 0 spiro atoms. The Morgan fingerprint density at radius 3 is 1.96 bits per heavy atom. The fraction of sp³-hybridized carbons (Fsp3) is 0.278. The van der Waals surface area contributed by atoms with Gasteiger partial charge in [0.15, 0.2) is 0 Å². The van der Waals surface area contributed by atoms with E-state index in [2.05, 4.69) is 5.32 Å². The van der Waals surface area contributed by atoms with Gasteiger partial charge in [-0.2, -0.15) is 0 Å². The van der Waals surface area contributed by atoms with Crippen LogP contribution in [0, 0.1) is 20.2 Å². The van der Waals surface area contributed by atoms with Gasteiger partial charge >= 0.3 is 0 Å². The highest BCUT2D eigenvalue weighted by Crippen LogP contribution is 2.32. The van der Waals surface area contributed by atoms with Crippen molar-refractivity contribution >= 4 is 28.7 Å². The second-order valence-corrected chi connectivity index (χ2v) is 6.26. The van der Waals surface area contributed by atoms with Gasteiger partial charge in [0, 0.05) is 50.9 Å². The number of amides is 1. The van der Waals surface area contributed by atoms with Crippen LogP contribution in [0.25, 0.3) is 0 Å². The summed E-state index contributed by atoms with van der Waals surface area (Å²) >= 11 is 0. The Kier molecular flexibility index (Phi) is 5.39. The van der Waals surface area contributed by atoms with E-state index in [9.17, 15) is 25.0 Å². The Morgan fingerprint density at radius 1 is 0.893 bits per heavy atom. The van der Waals surface area contributed by atoms with Gasteiger partial charge in [0.1, 0.15) is 11.4 Å². The highest BCUT2D eigenvalue weighted by Gasteiger charge is 2.27. The second-order valence-electron chi connectivity index (χ2n) is 6.26. The molecular formula is C18H19N5O5. The van der Waals surface area contributed by atoms with Crippen LogP contribution in [0.15, 0.2) is 42.5 Å². The van der Waals surface area contributed by atoms with Crippen molar-refractivity contribution in [2.75, 3.05) is 43.0 Å². The number of hydrogen-bond donors (Lipinski definition) is 1. The molecule has 1 fully saturated rings. The second kappa shape index (κ2) is 7.91. The molecule has 1 N–H and O–H groups in total. The fourth-order valence-electron chi connectivity index (χ4n) is 3.30. The summed E-state index contributed by atoms with van der Waals surface area (Å²) in [6.07, 6.45) is 0. The molecule has 2 aromatic rings. The van der Waals surface area contributed by atoms with Crippen molar-refractivity contribution in [3.05, 3.63) is 68.3 Å². The van der Waals surface area contributed by atoms with Gasteiger partial charge in [-0.1, -0.05) is 12.1 Å². The topological polar surface area (TPSA) is 122 Å². The molecule has 10 heteroatoms. The first kappa shape index (κ1) is 19.1. The third kappa shape index (κ3) is 3.70. The molecule has 1 aliphatic rings. The van der Waals surface area contributed by atoms with Crippen molar-refractivity contribution < 1.29 is 14.6 Å². The summed E-state index contributed by atoms with van der Waals surface area (Å²) in [6.45, 7) is 1.90. The molecule has 1 heterocycles. The number of benzene rings is 2. The predicted octanol–water partition coefficient (Wildman–Crippen LogP) is 2.19. The number of nitrogens with one attached hydrogen (secondary N) is 1. The van der Waals surface area contributed by atoms with Gasteiger partial charge in [-0.05, 0) is 18.2 Å². The number of hydrogen-bond acceptors (Lipinski definition) is 7. The summed E-state index contributed by atoms with van der Waals surface area (Å²) in [4.78, 5) is 37.3. The third-order valence-corrected chi connectivity index (χ3v) is 4.70. The average Bonchev–Trinajstić information content (AvgIpc) is 2.72. The van der Waals surface area contributed by atoms with E-state index in [1.54, 1.807) is 30.3 Å². The summed E-state index contributed by atoms with van der Waals surface area (Å²) in [5.41, 5.74) is 1.09. The van der Waals surface area contributed by atoms with Crippen LogP contribution >= 0.6 is 0 Å². The zero-order valence-corrected chi connectivity index (χ0v) is 15.2. The Hall–Kier alpha value is -3.69. The first-order valence-electron chi connectivity index (χ1n) is 8.66. The summed E-state index contributed by atoms with van der Waals surface area (Å²) in [5.74, 6) is -0.393. The van der Waals surface area contributed by atoms with Gasteiger partial charge in [-0.15, -0.1) is 0 Å². The van der Waals surface area contributed by atoms with E-state index in [1.807, 2.05) is 9.80 Å². The minimum atomic E-state index is -0.504. The maximum Gasteiger partial charge on any atom is 0.293 e. The highest BCUT2D eigenvalue weighted by atomic mass is 16.6. The minimum absolute atomic E-state index is 0.0388. The lowest BCUT2D eigenvalue weighted by Gasteiger charge is -2.36. The van der Waals surface area contributed by atoms with E-state index >= 15 is 0 Å². The number of carbonyl (C=O) groups is 1. The minimum Gasteiger partial charge on any atom is -0.362 e. The number of para-hydroxylation sites is 2. The molecule has 1 aliphatic heterocycles. The predicted molar refractivity (Wildman–Crippen MR) is 104 cm³/mol. The van der Waals surface area contributed by atoms with Crippen LogP contribution in [0.4, 0.5) is 22.7 Å². The summed E-state index contributed by atoms with van der Waals surface area (Å²) < 4.78 is 0. The molecule has 10 nitrogen and oxygen atoms in total. The van der Waals surface area contributed by atoms with E-state index < -0.39 is 15.8 Å². The molecule has 0 atom stereocenters. The third-order valence-electron chi connectivity index (χ3n) is 4.70. The van der Waals surface area contributed by atoms with Crippen molar-refractivity contribution in [2.24, 2.45) is 0 Å². The van der Waals surface area contributed by atoms with Gasteiger partial charge in [-0.3, -0.25) is 25.0 Å². The molecule has 0 aliphatic carbocycles. The molecule has 0 aromatic heterocycles. The van der Waals surface area contributed by atoms with Crippen LogP contribution in [0.5, 0.6) is 0 Å². The first-order valence-corrected chi connectivity index (χ1v) is 8.66. The largest absolute Gasteiger partial charge is 0.362 e. The number of nitro benzene ring substituents is 2. The molecule has 1 amide bonds. The van der Waals surface area contributed by atoms with E-state index in [1.165, 1.54) is 19.2 Å². The highest BCUT2D eigenvalue weighted by molar-refractivity contribution is 5.95. The Labute approximate surface area is 160 Å². The summed E-state index contributed by atoms with van der Waals surface area (Å²) in [5, 5.41) is 25.2. The van der Waals surface area contributed by atoms with Crippen LogP contribution in [0.1, 0.15) is 10.4 Å². The van der Waals surface area contributed by atoms with Gasteiger partial charge < -0.3 is 15.1 Å². The molecule has 1 saturated heterocycles. The van der Waals surface area contributed by atoms with Crippen LogP contribution in [-0.2, 0) is 0 Å². The van der Waals surface area contributed by atoms with Crippen molar-refractivity contribution in [1.82, 2.24) is 5.32 Å².